The Morgan fingerprint density at radius 2 is 1.71 bits per heavy atom. The van der Waals surface area contributed by atoms with Gasteiger partial charge in [0.1, 0.15) is 0 Å². The fourth-order valence-corrected chi connectivity index (χ4v) is 6.15. The minimum Gasteiger partial charge on any atom is -0.212 e. The van der Waals surface area contributed by atoms with Crippen LogP contribution in [0.1, 0.15) is 32.1 Å². The zero-order valence-electron chi connectivity index (χ0n) is 8.02. The summed E-state index contributed by atoms with van der Waals surface area (Å²) in [5.74, 6) is 2.60. The SMILES string of the molecule is O=S(=O)(Cl)C1CC2CC1C1CCCC21. The van der Waals surface area contributed by atoms with Gasteiger partial charge in [0.05, 0.1) is 5.25 Å². The van der Waals surface area contributed by atoms with Gasteiger partial charge in [-0.1, -0.05) is 6.42 Å². The van der Waals surface area contributed by atoms with Crippen LogP contribution >= 0.6 is 10.7 Å². The van der Waals surface area contributed by atoms with Crippen molar-refractivity contribution in [3.8, 4) is 0 Å². The van der Waals surface area contributed by atoms with Crippen LogP contribution in [0, 0.1) is 23.7 Å². The fourth-order valence-electron chi connectivity index (χ4n) is 4.33. The molecule has 5 unspecified atom stereocenters. The number of fused-ring (bicyclic) bond motifs is 5. The van der Waals surface area contributed by atoms with Crippen LogP contribution in [0.2, 0.25) is 0 Å². The highest BCUT2D eigenvalue weighted by atomic mass is 35.7. The van der Waals surface area contributed by atoms with Gasteiger partial charge in [0.25, 0.3) is 0 Å². The molecule has 14 heavy (non-hydrogen) atoms. The number of hydrogen-bond acceptors (Lipinski definition) is 2. The van der Waals surface area contributed by atoms with Crippen LogP contribution < -0.4 is 0 Å². The summed E-state index contributed by atoms with van der Waals surface area (Å²) < 4.78 is 22.8. The van der Waals surface area contributed by atoms with E-state index in [9.17, 15) is 8.42 Å². The molecule has 0 aromatic rings. The maximum atomic E-state index is 11.4. The zero-order valence-corrected chi connectivity index (χ0v) is 9.60. The van der Waals surface area contributed by atoms with E-state index in [1.54, 1.807) is 0 Å². The molecule has 80 valence electrons. The summed E-state index contributed by atoms with van der Waals surface area (Å²) in [4.78, 5) is 0. The molecular formula is C10H15ClO2S. The van der Waals surface area contributed by atoms with Gasteiger partial charge in [0.2, 0.25) is 9.05 Å². The van der Waals surface area contributed by atoms with Gasteiger partial charge >= 0.3 is 0 Å². The number of rotatable bonds is 1. The van der Waals surface area contributed by atoms with Gasteiger partial charge in [-0.15, -0.1) is 0 Å². The molecule has 0 spiro atoms. The van der Waals surface area contributed by atoms with Crippen LogP contribution in [-0.2, 0) is 9.05 Å². The molecule has 2 nitrogen and oxygen atoms in total. The molecule has 5 atom stereocenters. The number of hydrogen-bond donors (Lipinski definition) is 0. The van der Waals surface area contributed by atoms with E-state index >= 15 is 0 Å². The second kappa shape index (κ2) is 2.88. The van der Waals surface area contributed by atoms with E-state index in [-0.39, 0.29) is 5.25 Å². The second-order valence-corrected chi connectivity index (χ2v) is 8.02. The Kier molecular flexibility index (Phi) is 1.95. The van der Waals surface area contributed by atoms with E-state index < -0.39 is 9.05 Å². The van der Waals surface area contributed by atoms with Crippen molar-refractivity contribution in [2.24, 2.45) is 23.7 Å². The fraction of sp³-hybridized carbons (Fsp3) is 1.00. The summed E-state index contributed by atoms with van der Waals surface area (Å²) >= 11 is 0. The van der Waals surface area contributed by atoms with Crippen LogP contribution in [0.15, 0.2) is 0 Å². The van der Waals surface area contributed by atoms with Gasteiger partial charge in [-0.25, -0.2) is 8.42 Å². The molecule has 0 heterocycles. The Hall–Kier alpha value is 0.240. The normalized spacial score (nSPS) is 51.1. The molecule has 0 aromatic heterocycles. The summed E-state index contributed by atoms with van der Waals surface area (Å²) in [5, 5.41) is -0.214. The molecule has 0 saturated heterocycles. The van der Waals surface area contributed by atoms with Crippen molar-refractivity contribution in [3.63, 3.8) is 0 Å². The molecule has 0 aromatic carbocycles. The van der Waals surface area contributed by atoms with Crippen molar-refractivity contribution in [1.29, 1.82) is 0 Å². The second-order valence-electron chi connectivity index (χ2n) is 5.17. The summed E-state index contributed by atoms with van der Waals surface area (Å²) in [6.07, 6.45) is 5.86. The first kappa shape index (κ1) is 9.46. The molecule has 3 aliphatic carbocycles. The summed E-state index contributed by atoms with van der Waals surface area (Å²) in [6, 6.07) is 0. The minimum absolute atomic E-state index is 0.214. The Balaban J connectivity index is 1.90. The molecule has 3 rings (SSSR count). The summed E-state index contributed by atoms with van der Waals surface area (Å²) in [6.45, 7) is 0. The smallest absolute Gasteiger partial charge is 0.212 e. The highest BCUT2D eigenvalue weighted by molar-refractivity contribution is 8.14. The van der Waals surface area contributed by atoms with Crippen LogP contribution in [0.4, 0.5) is 0 Å². The van der Waals surface area contributed by atoms with E-state index in [4.69, 9.17) is 10.7 Å². The summed E-state index contributed by atoms with van der Waals surface area (Å²) in [7, 11) is 2.20. The summed E-state index contributed by atoms with van der Waals surface area (Å²) in [5.41, 5.74) is 0. The zero-order chi connectivity index (χ0) is 9.92. The Morgan fingerprint density at radius 1 is 1.00 bits per heavy atom. The highest BCUT2D eigenvalue weighted by Crippen LogP contribution is 2.60. The van der Waals surface area contributed by atoms with E-state index in [1.807, 2.05) is 0 Å². The number of halogens is 1. The minimum atomic E-state index is -3.30. The topological polar surface area (TPSA) is 34.1 Å². The largest absolute Gasteiger partial charge is 0.235 e. The van der Waals surface area contributed by atoms with Crippen LogP contribution in [-0.4, -0.2) is 13.7 Å². The Bertz CT molecular complexity index is 351. The van der Waals surface area contributed by atoms with Gasteiger partial charge in [-0.05, 0) is 49.4 Å². The molecule has 3 saturated carbocycles. The monoisotopic (exact) mass is 234 g/mol. The van der Waals surface area contributed by atoms with Crippen molar-refractivity contribution in [2.45, 2.75) is 37.4 Å². The van der Waals surface area contributed by atoms with E-state index in [0.29, 0.717) is 17.8 Å². The Labute approximate surface area is 89.4 Å². The lowest BCUT2D eigenvalue weighted by molar-refractivity contribution is 0.262. The lowest BCUT2D eigenvalue weighted by atomic mass is 9.81. The van der Waals surface area contributed by atoms with E-state index in [1.165, 1.54) is 19.3 Å². The average Bonchev–Trinajstić information content (AvgIpc) is 2.74. The molecule has 3 aliphatic rings. The lowest BCUT2D eigenvalue weighted by Gasteiger charge is -2.29. The van der Waals surface area contributed by atoms with Crippen LogP contribution in [0.25, 0.3) is 0 Å². The van der Waals surface area contributed by atoms with Gasteiger partial charge in [0, 0.05) is 10.7 Å². The van der Waals surface area contributed by atoms with Crippen molar-refractivity contribution in [3.05, 3.63) is 0 Å². The van der Waals surface area contributed by atoms with Crippen LogP contribution in [0.3, 0.4) is 0 Å². The first-order chi connectivity index (χ1) is 6.57. The van der Waals surface area contributed by atoms with Crippen molar-refractivity contribution in [1.82, 2.24) is 0 Å². The molecule has 0 amide bonds. The first-order valence-electron chi connectivity index (χ1n) is 5.51. The van der Waals surface area contributed by atoms with E-state index in [0.717, 1.165) is 18.8 Å². The molecular weight excluding hydrogens is 220 g/mol. The quantitative estimate of drug-likeness (QED) is 0.653. The molecule has 0 N–H and O–H groups in total. The molecule has 0 aliphatic heterocycles. The molecule has 0 radical (unpaired) electrons. The molecule has 2 bridgehead atoms. The Morgan fingerprint density at radius 3 is 2.43 bits per heavy atom. The predicted octanol–water partition coefficient (Wildman–Crippen LogP) is 2.38. The third-order valence-electron chi connectivity index (χ3n) is 4.73. The van der Waals surface area contributed by atoms with Crippen molar-refractivity contribution < 1.29 is 8.42 Å². The third-order valence-corrected chi connectivity index (χ3v) is 6.68. The third kappa shape index (κ3) is 1.18. The van der Waals surface area contributed by atoms with Gasteiger partial charge in [0.15, 0.2) is 0 Å². The maximum Gasteiger partial charge on any atom is 0.235 e. The van der Waals surface area contributed by atoms with Gasteiger partial charge in [-0.2, -0.15) is 0 Å². The standard InChI is InChI=1S/C10H15ClO2S/c11-14(12,13)10-5-6-4-9(10)8-3-1-2-7(6)8/h6-10H,1-5H2. The highest BCUT2D eigenvalue weighted by Gasteiger charge is 2.56. The van der Waals surface area contributed by atoms with Gasteiger partial charge in [-0.3, -0.25) is 0 Å². The van der Waals surface area contributed by atoms with Crippen molar-refractivity contribution >= 4 is 19.7 Å². The van der Waals surface area contributed by atoms with Crippen molar-refractivity contribution in [2.75, 3.05) is 0 Å². The first-order valence-corrected chi connectivity index (χ1v) is 7.88. The predicted molar refractivity (Wildman–Crippen MR) is 55.6 cm³/mol. The lowest BCUT2D eigenvalue weighted by Crippen LogP contribution is -2.32. The van der Waals surface area contributed by atoms with E-state index in [2.05, 4.69) is 0 Å². The van der Waals surface area contributed by atoms with Gasteiger partial charge < -0.3 is 0 Å². The average molecular weight is 235 g/mol. The molecule has 4 heteroatoms. The maximum absolute atomic E-state index is 11.4. The van der Waals surface area contributed by atoms with Crippen LogP contribution in [0.5, 0.6) is 0 Å². The molecule has 3 fully saturated rings.